The Hall–Kier alpha value is -1.49. The molecule has 1 aliphatic heterocycles. The second kappa shape index (κ2) is 8.96. The van der Waals surface area contributed by atoms with E-state index < -0.39 is 6.04 Å². The van der Waals surface area contributed by atoms with E-state index in [1.165, 1.54) is 0 Å². The molecule has 4 nitrogen and oxygen atoms in total. The summed E-state index contributed by atoms with van der Waals surface area (Å²) in [7, 11) is 0. The molecular weight excluding hydrogens is 308 g/mol. The summed E-state index contributed by atoms with van der Waals surface area (Å²) < 4.78 is 0. The number of carbonyl (C=O) groups is 2. The first-order chi connectivity index (χ1) is 11.1. The molecule has 0 bridgehead atoms. The van der Waals surface area contributed by atoms with Crippen LogP contribution in [0.5, 0.6) is 0 Å². The topological polar surface area (TPSA) is 49.4 Å². The molecule has 2 amide bonds. The van der Waals surface area contributed by atoms with E-state index in [4.69, 9.17) is 0 Å². The summed E-state index contributed by atoms with van der Waals surface area (Å²) in [6.07, 6.45) is 4.08. The van der Waals surface area contributed by atoms with Crippen LogP contribution >= 0.6 is 11.8 Å². The normalized spacial score (nSPS) is 18.7. The van der Waals surface area contributed by atoms with Gasteiger partial charge in [0.2, 0.25) is 11.8 Å². The third-order valence-electron chi connectivity index (χ3n) is 4.19. The van der Waals surface area contributed by atoms with E-state index in [2.05, 4.69) is 12.2 Å². The van der Waals surface area contributed by atoms with Crippen molar-refractivity contribution in [3.63, 3.8) is 0 Å². The van der Waals surface area contributed by atoms with Crippen molar-refractivity contribution in [2.24, 2.45) is 5.92 Å². The van der Waals surface area contributed by atoms with Gasteiger partial charge in [-0.2, -0.15) is 11.8 Å². The van der Waals surface area contributed by atoms with Gasteiger partial charge in [-0.1, -0.05) is 37.3 Å². The fourth-order valence-electron chi connectivity index (χ4n) is 2.88. The minimum Gasteiger partial charge on any atom is -0.344 e. The maximum Gasteiger partial charge on any atom is 0.245 e. The third kappa shape index (κ3) is 5.57. The largest absolute Gasteiger partial charge is 0.344 e. The molecule has 2 unspecified atom stereocenters. The second-order valence-corrected chi connectivity index (χ2v) is 7.23. The van der Waals surface area contributed by atoms with Crippen LogP contribution in [0.2, 0.25) is 0 Å². The molecule has 23 heavy (non-hydrogen) atoms. The molecule has 2 atom stereocenters. The van der Waals surface area contributed by atoms with Crippen LogP contribution in [0, 0.1) is 5.92 Å². The van der Waals surface area contributed by atoms with Crippen LogP contribution in [-0.4, -0.2) is 47.9 Å². The number of nitrogens with one attached hydrogen (secondary N) is 1. The van der Waals surface area contributed by atoms with Crippen LogP contribution in [0.15, 0.2) is 30.3 Å². The lowest BCUT2D eigenvalue weighted by Gasteiger charge is -2.24. The van der Waals surface area contributed by atoms with Gasteiger partial charge in [0.05, 0.1) is 6.42 Å². The van der Waals surface area contributed by atoms with E-state index in [9.17, 15) is 9.59 Å². The Kier molecular flexibility index (Phi) is 6.96. The van der Waals surface area contributed by atoms with Gasteiger partial charge in [-0.25, -0.2) is 0 Å². The zero-order valence-corrected chi connectivity index (χ0v) is 14.8. The van der Waals surface area contributed by atoms with Gasteiger partial charge in [0.15, 0.2) is 0 Å². The summed E-state index contributed by atoms with van der Waals surface area (Å²) in [6, 6.07) is 9.24. The molecule has 0 radical (unpaired) electrons. The number of thioether (sulfide) groups is 1. The second-order valence-electron chi connectivity index (χ2n) is 6.24. The zero-order valence-electron chi connectivity index (χ0n) is 14.0. The van der Waals surface area contributed by atoms with Crippen molar-refractivity contribution in [2.45, 2.75) is 32.2 Å². The molecule has 0 aliphatic carbocycles. The number of rotatable bonds is 7. The lowest BCUT2D eigenvalue weighted by Crippen LogP contribution is -2.48. The van der Waals surface area contributed by atoms with Crippen molar-refractivity contribution in [3.8, 4) is 0 Å². The monoisotopic (exact) mass is 334 g/mol. The van der Waals surface area contributed by atoms with Crippen LogP contribution in [0.3, 0.4) is 0 Å². The predicted molar refractivity (Wildman–Crippen MR) is 95.4 cm³/mol. The van der Waals surface area contributed by atoms with Crippen molar-refractivity contribution in [1.29, 1.82) is 0 Å². The van der Waals surface area contributed by atoms with Gasteiger partial charge < -0.3 is 10.2 Å². The SMILES string of the molecule is CSCCC(NC(=O)Cc1ccccc1)C(=O)N1CCC(C)C1. The smallest absolute Gasteiger partial charge is 0.245 e. The lowest BCUT2D eigenvalue weighted by atomic mass is 10.1. The van der Waals surface area contributed by atoms with Crippen molar-refractivity contribution in [1.82, 2.24) is 10.2 Å². The van der Waals surface area contributed by atoms with Crippen LogP contribution < -0.4 is 5.32 Å². The van der Waals surface area contributed by atoms with Gasteiger partial charge in [0.25, 0.3) is 0 Å². The number of nitrogens with zero attached hydrogens (tertiary/aromatic N) is 1. The van der Waals surface area contributed by atoms with E-state index in [-0.39, 0.29) is 11.8 Å². The van der Waals surface area contributed by atoms with Crippen molar-refractivity contribution >= 4 is 23.6 Å². The van der Waals surface area contributed by atoms with Crippen molar-refractivity contribution in [2.75, 3.05) is 25.1 Å². The molecule has 0 aromatic heterocycles. The number of carbonyl (C=O) groups excluding carboxylic acids is 2. The van der Waals surface area contributed by atoms with E-state index in [0.29, 0.717) is 18.8 Å². The highest BCUT2D eigenvalue weighted by Gasteiger charge is 2.29. The number of benzene rings is 1. The molecule has 1 aliphatic rings. The van der Waals surface area contributed by atoms with Crippen LogP contribution in [0.1, 0.15) is 25.3 Å². The number of amides is 2. The van der Waals surface area contributed by atoms with Gasteiger partial charge in [0.1, 0.15) is 6.04 Å². The molecular formula is C18H26N2O2S. The number of hydrogen-bond acceptors (Lipinski definition) is 3. The first-order valence-corrected chi connectivity index (χ1v) is 9.60. The number of hydrogen-bond donors (Lipinski definition) is 1. The minimum absolute atomic E-state index is 0.0739. The van der Waals surface area contributed by atoms with E-state index in [1.807, 2.05) is 41.5 Å². The maximum atomic E-state index is 12.7. The van der Waals surface area contributed by atoms with E-state index in [0.717, 1.165) is 30.8 Å². The highest BCUT2D eigenvalue weighted by atomic mass is 32.2. The Morgan fingerprint density at radius 1 is 1.35 bits per heavy atom. The summed E-state index contributed by atoms with van der Waals surface area (Å²) in [4.78, 5) is 26.9. The quantitative estimate of drug-likeness (QED) is 0.833. The van der Waals surface area contributed by atoms with Crippen LogP contribution in [0.25, 0.3) is 0 Å². The van der Waals surface area contributed by atoms with Gasteiger partial charge in [-0.05, 0) is 36.3 Å². The van der Waals surface area contributed by atoms with Crippen molar-refractivity contribution in [3.05, 3.63) is 35.9 Å². The van der Waals surface area contributed by atoms with Crippen LogP contribution in [-0.2, 0) is 16.0 Å². The summed E-state index contributed by atoms with van der Waals surface area (Å²) in [5, 5.41) is 2.95. The summed E-state index contributed by atoms with van der Waals surface area (Å²) in [6.45, 7) is 3.78. The lowest BCUT2D eigenvalue weighted by molar-refractivity contribution is -0.135. The highest BCUT2D eigenvalue weighted by molar-refractivity contribution is 7.98. The Bertz CT molecular complexity index is 521. The molecule has 1 heterocycles. The standard InChI is InChI=1S/C18H26N2O2S/c1-14-8-10-20(13-14)18(22)16(9-11-23-2)19-17(21)12-15-6-4-3-5-7-15/h3-7,14,16H,8-13H2,1-2H3,(H,19,21). The first-order valence-electron chi connectivity index (χ1n) is 8.21. The van der Waals surface area contributed by atoms with Gasteiger partial charge in [0, 0.05) is 13.1 Å². The van der Waals surface area contributed by atoms with Gasteiger partial charge >= 0.3 is 0 Å². The minimum atomic E-state index is -0.399. The molecule has 1 aromatic carbocycles. The Morgan fingerprint density at radius 3 is 2.70 bits per heavy atom. The van der Waals surface area contributed by atoms with Gasteiger partial charge in [-0.15, -0.1) is 0 Å². The molecule has 1 fully saturated rings. The highest BCUT2D eigenvalue weighted by Crippen LogP contribution is 2.17. The first kappa shape index (κ1) is 17.9. The molecule has 2 rings (SSSR count). The summed E-state index contributed by atoms with van der Waals surface area (Å²) in [5.74, 6) is 1.42. The summed E-state index contributed by atoms with van der Waals surface area (Å²) >= 11 is 1.70. The average molecular weight is 334 g/mol. The molecule has 0 saturated carbocycles. The molecule has 0 spiro atoms. The number of likely N-dealkylation sites (tertiary alicyclic amines) is 1. The third-order valence-corrected chi connectivity index (χ3v) is 4.83. The molecule has 1 N–H and O–H groups in total. The average Bonchev–Trinajstić information content (AvgIpc) is 2.98. The fraction of sp³-hybridized carbons (Fsp3) is 0.556. The summed E-state index contributed by atoms with van der Waals surface area (Å²) in [5.41, 5.74) is 0.968. The van der Waals surface area contributed by atoms with E-state index >= 15 is 0 Å². The van der Waals surface area contributed by atoms with Gasteiger partial charge in [-0.3, -0.25) is 9.59 Å². The maximum absolute atomic E-state index is 12.7. The van der Waals surface area contributed by atoms with Crippen molar-refractivity contribution < 1.29 is 9.59 Å². The molecule has 5 heteroatoms. The Morgan fingerprint density at radius 2 is 2.09 bits per heavy atom. The molecule has 1 saturated heterocycles. The van der Waals surface area contributed by atoms with Crippen LogP contribution in [0.4, 0.5) is 0 Å². The zero-order chi connectivity index (χ0) is 16.7. The molecule has 126 valence electrons. The Labute approximate surface area is 143 Å². The fourth-order valence-corrected chi connectivity index (χ4v) is 3.35. The Balaban J connectivity index is 1.94. The molecule has 1 aromatic rings. The predicted octanol–water partition coefficient (Wildman–Crippen LogP) is 2.34. The van der Waals surface area contributed by atoms with E-state index in [1.54, 1.807) is 11.8 Å².